The number of rotatable bonds is 4. The summed E-state index contributed by atoms with van der Waals surface area (Å²) in [4.78, 5) is 12.3. The van der Waals surface area contributed by atoms with E-state index in [0.717, 1.165) is 17.8 Å². The van der Waals surface area contributed by atoms with E-state index in [2.05, 4.69) is 10.5 Å². The van der Waals surface area contributed by atoms with Crippen molar-refractivity contribution < 1.29 is 9.18 Å². The first kappa shape index (κ1) is 14.9. The van der Waals surface area contributed by atoms with Gasteiger partial charge in [0.05, 0.1) is 6.21 Å². The van der Waals surface area contributed by atoms with Gasteiger partial charge in [0.25, 0.3) is 0 Å². The summed E-state index contributed by atoms with van der Waals surface area (Å²) in [5.41, 5.74) is 3.52. The first-order chi connectivity index (χ1) is 11.1. The van der Waals surface area contributed by atoms with Gasteiger partial charge in [-0.05, 0) is 79.4 Å². The van der Waals surface area contributed by atoms with Crippen molar-refractivity contribution in [2.75, 3.05) is 0 Å². The van der Waals surface area contributed by atoms with Gasteiger partial charge in [0.2, 0.25) is 5.91 Å². The molecule has 0 aliphatic heterocycles. The normalized spacial score (nSPS) is 34.9. The molecule has 122 valence electrons. The van der Waals surface area contributed by atoms with E-state index in [-0.39, 0.29) is 17.1 Å². The highest BCUT2D eigenvalue weighted by atomic mass is 19.1. The number of hydrogen-bond donors (Lipinski definition) is 1. The van der Waals surface area contributed by atoms with Crippen LogP contribution in [0.2, 0.25) is 0 Å². The van der Waals surface area contributed by atoms with E-state index in [1.54, 1.807) is 12.1 Å². The van der Waals surface area contributed by atoms with E-state index in [1.165, 1.54) is 56.9 Å². The maximum Gasteiger partial charge on any atom is 0.240 e. The quantitative estimate of drug-likeness (QED) is 0.665. The second kappa shape index (κ2) is 5.73. The third kappa shape index (κ3) is 3.17. The summed E-state index contributed by atoms with van der Waals surface area (Å²) in [6, 6.07) is 6.18. The molecule has 4 fully saturated rings. The molecule has 3 nitrogen and oxygen atoms in total. The third-order valence-electron chi connectivity index (χ3n) is 5.95. The van der Waals surface area contributed by atoms with Crippen molar-refractivity contribution >= 4 is 12.1 Å². The minimum atomic E-state index is -0.297. The second-order valence-electron chi connectivity index (χ2n) is 7.94. The fourth-order valence-corrected chi connectivity index (χ4v) is 5.65. The Kier molecular flexibility index (Phi) is 3.70. The van der Waals surface area contributed by atoms with E-state index < -0.39 is 0 Å². The summed E-state index contributed by atoms with van der Waals surface area (Å²) < 4.78 is 13.1. The molecule has 1 aromatic rings. The molecule has 0 aromatic heterocycles. The van der Waals surface area contributed by atoms with Gasteiger partial charge in [-0.2, -0.15) is 5.10 Å². The zero-order valence-corrected chi connectivity index (χ0v) is 13.3. The van der Waals surface area contributed by atoms with Crippen molar-refractivity contribution in [3.05, 3.63) is 35.6 Å². The van der Waals surface area contributed by atoms with Crippen LogP contribution in [0.15, 0.2) is 29.4 Å². The Morgan fingerprint density at radius 3 is 2.48 bits per heavy atom. The summed E-state index contributed by atoms with van der Waals surface area (Å²) in [5, 5.41) is 3.99. The lowest BCUT2D eigenvalue weighted by Gasteiger charge is -2.56. The molecular formula is C19H23FN2O. The molecule has 0 radical (unpaired) electrons. The van der Waals surface area contributed by atoms with Crippen molar-refractivity contribution in [3.8, 4) is 0 Å². The number of benzene rings is 1. The summed E-state index contributed by atoms with van der Waals surface area (Å²) in [5.74, 6) is 2.26. The highest BCUT2D eigenvalue weighted by Crippen LogP contribution is 2.61. The molecule has 1 aromatic carbocycles. The number of carbonyl (C=O) groups excluding carboxylic acids is 1. The molecule has 4 aliphatic rings. The van der Waals surface area contributed by atoms with Gasteiger partial charge < -0.3 is 0 Å². The van der Waals surface area contributed by atoms with Crippen LogP contribution in [-0.4, -0.2) is 12.1 Å². The Morgan fingerprint density at radius 1 is 1.22 bits per heavy atom. The molecule has 4 aliphatic carbocycles. The topological polar surface area (TPSA) is 41.5 Å². The van der Waals surface area contributed by atoms with Crippen LogP contribution in [0.1, 0.15) is 50.5 Å². The smallest absolute Gasteiger partial charge is 0.240 e. The van der Waals surface area contributed by atoms with E-state index >= 15 is 0 Å². The zero-order valence-electron chi connectivity index (χ0n) is 13.3. The van der Waals surface area contributed by atoms with Crippen LogP contribution in [0.4, 0.5) is 4.39 Å². The standard InChI is InChI=1S/C19H23FN2O/c20-17-3-1-2-13(7-17)12-21-22-18(23)11-19-8-14-4-15(9-19)6-16(5-14)10-19/h1-3,7,12,14-16H,4-6,8-11H2,(H,22,23)/b21-12-. The van der Waals surface area contributed by atoms with Crippen molar-refractivity contribution in [1.82, 2.24) is 5.43 Å². The minimum Gasteiger partial charge on any atom is -0.273 e. The molecule has 5 rings (SSSR count). The van der Waals surface area contributed by atoms with Crippen molar-refractivity contribution in [3.63, 3.8) is 0 Å². The van der Waals surface area contributed by atoms with Crippen LogP contribution in [0.25, 0.3) is 0 Å². The summed E-state index contributed by atoms with van der Waals surface area (Å²) >= 11 is 0. The highest BCUT2D eigenvalue weighted by molar-refractivity contribution is 5.82. The first-order valence-electron chi connectivity index (χ1n) is 8.68. The molecule has 0 atom stereocenters. The molecule has 0 unspecified atom stereocenters. The molecular weight excluding hydrogens is 291 g/mol. The van der Waals surface area contributed by atoms with Crippen LogP contribution in [0, 0.1) is 29.0 Å². The van der Waals surface area contributed by atoms with Crippen molar-refractivity contribution in [1.29, 1.82) is 0 Å². The van der Waals surface area contributed by atoms with Gasteiger partial charge in [-0.1, -0.05) is 12.1 Å². The van der Waals surface area contributed by atoms with Crippen LogP contribution in [-0.2, 0) is 4.79 Å². The fraction of sp³-hybridized carbons (Fsp3) is 0.579. The monoisotopic (exact) mass is 314 g/mol. The zero-order chi connectivity index (χ0) is 15.9. The molecule has 1 N–H and O–H groups in total. The number of hydrazone groups is 1. The number of nitrogens with one attached hydrogen (secondary N) is 1. The van der Waals surface area contributed by atoms with Gasteiger partial charge in [-0.15, -0.1) is 0 Å². The van der Waals surface area contributed by atoms with Crippen molar-refractivity contribution in [2.45, 2.75) is 44.9 Å². The number of halogens is 1. The molecule has 4 saturated carbocycles. The maximum absolute atomic E-state index is 13.1. The lowest BCUT2D eigenvalue weighted by atomic mass is 9.49. The number of nitrogens with zero attached hydrogens (tertiary/aromatic N) is 1. The molecule has 1 amide bonds. The van der Waals surface area contributed by atoms with Gasteiger partial charge in [-0.25, -0.2) is 9.82 Å². The largest absolute Gasteiger partial charge is 0.273 e. The van der Waals surface area contributed by atoms with E-state index in [0.29, 0.717) is 12.0 Å². The predicted molar refractivity (Wildman–Crippen MR) is 87.4 cm³/mol. The van der Waals surface area contributed by atoms with E-state index in [1.807, 2.05) is 0 Å². The molecule has 4 heteroatoms. The molecule has 0 saturated heterocycles. The van der Waals surface area contributed by atoms with Gasteiger partial charge in [0.1, 0.15) is 5.82 Å². The summed E-state index contributed by atoms with van der Waals surface area (Å²) in [6.07, 6.45) is 9.92. The van der Waals surface area contributed by atoms with Gasteiger partial charge in [0, 0.05) is 6.42 Å². The SMILES string of the molecule is O=C(CC12CC3CC(CC(C3)C1)C2)N/N=C\c1cccc(F)c1. The number of carbonyl (C=O) groups is 1. The third-order valence-corrected chi connectivity index (χ3v) is 5.95. The second-order valence-corrected chi connectivity index (χ2v) is 7.94. The molecule has 0 spiro atoms. The Hall–Kier alpha value is -1.71. The summed E-state index contributed by atoms with van der Waals surface area (Å²) in [6.45, 7) is 0. The Bertz CT molecular complexity index is 605. The number of hydrogen-bond acceptors (Lipinski definition) is 2. The van der Waals surface area contributed by atoms with Gasteiger partial charge >= 0.3 is 0 Å². The fourth-order valence-electron chi connectivity index (χ4n) is 5.65. The molecule has 23 heavy (non-hydrogen) atoms. The Morgan fingerprint density at radius 2 is 1.87 bits per heavy atom. The maximum atomic E-state index is 13.1. The molecule has 0 heterocycles. The first-order valence-corrected chi connectivity index (χ1v) is 8.68. The van der Waals surface area contributed by atoms with E-state index in [4.69, 9.17) is 0 Å². The van der Waals surface area contributed by atoms with Crippen LogP contribution >= 0.6 is 0 Å². The van der Waals surface area contributed by atoms with Gasteiger partial charge in [0.15, 0.2) is 0 Å². The average molecular weight is 314 g/mol. The lowest BCUT2D eigenvalue weighted by molar-refractivity contribution is -0.129. The highest BCUT2D eigenvalue weighted by Gasteiger charge is 2.51. The molecule has 4 bridgehead atoms. The van der Waals surface area contributed by atoms with Crippen LogP contribution in [0.3, 0.4) is 0 Å². The van der Waals surface area contributed by atoms with Crippen LogP contribution in [0.5, 0.6) is 0 Å². The van der Waals surface area contributed by atoms with Gasteiger partial charge in [-0.3, -0.25) is 4.79 Å². The Balaban J connectivity index is 1.35. The minimum absolute atomic E-state index is 0.000368. The van der Waals surface area contributed by atoms with Crippen molar-refractivity contribution in [2.24, 2.45) is 28.3 Å². The average Bonchev–Trinajstić information content (AvgIpc) is 2.45. The predicted octanol–water partition coefficient (Wildman–Crippen LogP) is 3.88. The summed E-state index contributed by atoms with van der Waals surface area (Å²) in [7, 11) is 0. The van der Waals surface area contributed by atoms with E-state index in [9.17, 15) is 9.18 Å². The lowest BCUT2D eigenvalue weighted by Crippen LogP contribution is -2.47. The Labute approximate surface area is 136 Å². The van der Waals surface area contributed by atoms with Crippen LogP contribution < -0.4 is 5.43 Å². The number of amides is 1.